The first-order chi connectivity index (χ1) is 17.9. The third-order valence-corrected chi connectivity index (χ3v) is 11.0. The van der Waals surface area contributed by atoms with Gasteiger partial charge in [-0.05, 0) is 51.5 Å². The molecule has 9 nitrogen and oxygen atoms in total. The van der Waals surface area contributed by atoms with Crippen molar-refractivity contribution in [1.82, 2.24) is 14.3 Å². The van der Waals surface area contributed by atoms with E-state index in [0.717, 1.165) is 40.9 Å². The third kappa shape index (κ3) is 6.21. The van der Waals surface area contributed by atoms with Crippen LogP contribution in [0, 0.1) is 12.8 Å². The third-order valence-electron chi connectivity index (χ3n) is 6.48. The molecule has 0 bridgehead atoms. The second-order valence-corrected chi connectivity index (χ2v) is 13.2. The summed E-state index contributed by atoms with van der Waals surface area (Å²) in [6, 6.07) is 1.36. The SMILES string of the molecule is COC(=O)Nc1nc(C)c(S(=O)(=O)N2CCC(CC[C@H](C)Nc3nccc4c(C(F)(F)F)csc34)CC2)s1. The van der Waals surface area contributed by atoms with Crippen molar-refractivity contribution in [2.24, 2.45) is 5.92 Å². The lowest BCUT2D eigenvalue weighted by Crippen LogP contribution is -2.38. The molecule has 0 saturated carbocycles. The highest BCUT2D eigenvalue weighted by Crippen LogP contribution is 2.40. The van der Waals surface area contributed by atoms with Gasteiger partial charge in [-0.25, -0.2) is 23.2 Å². The minimum absolute atomic E-state index is 0.0214. The number of thiazole rings is 1. The van der Waals surface area contributed by atoms with Crippen LogP contribution in [-0.2, 0) is 20.9 Å². The van der Waals surface area contributed by atoms with E-state index in [1.165, 1.54) is 23.7 Å². The van der Waals surface area contributed by atoms with Crippen molar-refractivity contribution in [3.8, 4) is 0 Å². The maximum atomic E-state index is 13.3. The van der Waals surface area contributed by atoms with Gasteiger partial charge in [0.05, 0.1) is 23.1 Å². The quantitative estimate of drug-likeness (QED) is 0.333. The van der Waals surface area contributed by atoms with Crippen molar-refractivity contribution in [3.63, 3.8) is 0 Å². The van der Waals surface area contributed by atoms with Gasteiger partial charge < -0.3 is 10.1 Å². The van der Waals surface area contributed by atoms with Gasteiger partial charge >= 0.3 is 12.3 Å². The molecule has 1 aliphatic heterocycles. The molecular formula is C23H28F3N5O4S3. The van der Waals surface area contributed by atoms with Crippen LogP contribution in [-0.4, -0.2) is 55.0 Å². The minimum Gasteiger partial charge on any atom is -0.453 e. The molecule has 1 amide bonds. The zero-order valence-corrected chi connectivity index (χ0v) is 23.4. The van der Waals surface area contributed by atoms with E-state index in [1.54, 1.807) is 6.92 Å². The van der Waals surface area contributed by atoms with Crippen LogP contribution in [0.4, 0.5) is 28.9 Å². The second-order valence-electron chi connectivity index (χ2n) is 9.16. The molecule has 1 fully saturated rings. The number of hydrogen-bond donors (Lipinski definition) is 2. The van der Waals surface area contributed by atoms with Gasteiger partial charge in [0.1, 0.15) is 5.82 Å². The molecule has 38 heavy (non-hydrogen) atoms. The Morgan fingerprint density at radius 1 is 1.32 bits per heavy atom. The van der Waals surface area contributed by atoms with Gasteiger partial charge in [0.2, 0.25) is 0 Å². The zero-order valence-electron chi connectivity index (χ0n) is 21.0. The number of fused-ring (bicyclic) bond motifs is 1. The van der Waals surface area contributed by atoms with Crippen LogP contribution >= 0.6 is 22.7 Å². The first-order valence-corrected chi connectivity index (χ1v) is 15.1. The van der Waals surface area contributed by atoms with Gasteiger partial charge in [-0.15, -0.1) is 11.3 Å². The Hall–Kier alpha value is -2.49. The number of sulfonamides is 1. The number of amides is 1. The average Bonchev–Trinajstić information content (AvgIpc) is 3.47. The molecule has 0 aliphatic carbocycles. The summed E-state index contributed by atoms with van der Waals surface area (Å²) >= 11 is 1.92. The molecule has 4 heterocycles. The predicted octanol–water partition coefficient (Wildman–Crippen LogP) is 5.94. The van der Waals surface area contributed by atoms with E-state index in [0.29, 0.717) is 48.1 Å². The highest BCUT2D eigenvalue weighted by Gasteiger charge is 2.35. The van der Waals surface area contributed by atoms with Crippen LogP contribution in [0.3, 0.4) is 0 Å². The summed E-state index contributed by atoms with van der Waals surface area (Å²) in [6.45, 7) is 4.30. The second kappa shape index (κ2) is 11.3. The molecule has 4 rings (SSSR count). The van der Waals surface area contributed by atoms with Gasteiger partial charge in [-0.1, -0.05) is 11.3 Å². The zero-order chi connectivity index (χ0) is 27.7. The van der Waals surface area contributed by atoms with Crippen LogP contribution in [0.1, 0.15) is 43.9 Å². The summed E-state index contributed by atoms with van der Waals surface area (Å²) < 4.78 is 72.7. The largest absolute Gasteiger partial charge is 0.453 e. The Kier molecular flexibility index (Phi) is 8.49. The van der Waals surface area contributed by atoms with Crippen molar-refractivity contribution < 1.29 is 31.1 Å². The van der Waals surface area contributed by atoms with Gasteiger partial charge in [0.15, 0.2) is 9.34 Å². The fourth-order valence-electron chi connectivity index (χ4n) is 4.44. The molecule has 0 unspecified atom stereocenters. The fraction of sp³-hybridized carbons (Fsp3) is 0.522. The Labute approximate surface area is 226 Å². The highest BCUT2D eigenvalue weighted by atomic mass is 32.2. The summed E-state index contributed by atoms with van der Waals surface area (Å²) in [4.78, 5) is 19.8. The van der Waals surface area contributed by atoms with E-state index in [-0.39, 0.29) is 20.8 Å². The van der Waals surface area contributed by atoms with Crippen molar-refractivity contribution >= 4 is 59.8 Å². The molecule has 0 aromatic carbocycles. The maximum absolute atomic E-state index is 13.3. The number of aromatic nitrogens is 2. The Morgan fingerprint density at radius 3 is 2.68 bits per heavy atom. The number of carbonyl (C=O) groups excluding carboxylic acids is 1. The Morgan fingerprint density at radius 2 is 2.03 bits per heavy atom. The van der Waals surface area contributed by atoms with Crippen LogP contribution in [0.2, 0.25) is 0 Å². The van der Waals surface area contributed by atoms with Crippen LogP contribution in [0.25, 0.3) is 10.1 Å². The Bertz CT molecular complexity index is 1400. The average molecular weight is 592 g/mol. The molecule has 208 valence electrons. The smallest absolute Gasteiger partial charge is 0.417 e. The lowest BCUT2D eigenvalue weighted by molar-refractivity contribution is -0.136. The van der Waals surface area contributed by atoms with Crippen molar-refractivity contribution in [2.75, 3.05) is 30.8 Å². The highest BCUT2D eigenvalue weighted by molar-refractivity contribution is 7.91. The topological polar surface area (TPSA) is 114 Å². The lowest BCUT2D eigenvalue weighted by atomic mass is 9.92. The number of carbonyl (C=O) groups is 1. The van der Waals surface area contributed by atoms with E-state index < -0.39 is 27.9 Å². The minimum atomic E-state index is -4.41. The maximum Gasteiger partial charge on any atom is 0.417 e. The van der Waals surface area contributed by atoms with E-state index >= 15 is 0 Å². The number of hydrogen-bond acceptors (Lipinski definition) is 9. The number of methoxy groups -OCH3 is 1. The summed E-state index contributed by atoms with van der Waals surface area (Å²) in [5, 5.41) is 7.07. The number of alkyl halides is 3. The molecule has 3 aromatic heterocycles. The first kappa shape index (κ1) is 28.5. The van der Waals surface area contributed by atoms with E-state index in [9.17, 15) is 26.4 Å². The number of piperidine rings is 1. The molecule has 15 heteroatoms. The molecule has 2 N–H and O–H groups in total. The molecule has 1 saturated heterocycles. The molecular weight excluding hydrogens is 563 g/mol. The number of nitrogens with one attached hydrogen (secondary N) is 2. The summed E-state index contributed by atoms with van der Waals surface area (Å²) in [7, 11) is -2.53. The standard InChI is InChI=1S/C23H28F3N5O4S3/c1-13(28-19-18-16(6-9-27-19)17(12-36-18)23(24,25)26)4-5-15-7-10-31(11-8-15)38(33,34)20-14(2)29-21(37-20)30-22(32)35-3/h6,9,12-13,15H,4-5,7-8,10-11H2,1-3H3,(H,27,28)(H,29,30,32)/t13-/m0/s1. The van der Waals surface area contributed by atoms with E-state index in [4.69, 9.17) is 0 Å². The number of nitrogens with zero attached hydrogens (tertiary/aromatic N) is 3. The molecule has 0 spiro atoms. The van der Waals surface area contributed by atoms with Gasteiger partial charge in [-0.2, -0.15) is 17.5 Å². The number of halogens is 3. The van der Waals surface area contributed by atoms with Crippen molar-refractivity contribution in [1.29, 1.82) is 0 Å². The number of pyridine rings is 1. The van der Waals surface area contributed by atoms with Crippen LogP contribution < -0.4 is 10.6 Å². The number of rotatable bonds is 8. The Balaban J connectivity index is 1.31. The molecule has 3 aromatic rings. The van der Waals surface area contributed by atoms with Gasteiger partial charge in [-0.3, -0.25) is 5.32 Å². The van der Waals surface area contributed by atoms with Gasteiger partial charge in [0.25, 0.3) is 10.0 Å². The molecule has 1 aliphatic rings. The normalized spacial score (nSPS) is 16.5. The lowest BCUT2D eigenvalue weighted by Gasteiger charge is -2.31. The summed E-state index contributed by atoms with van der Waals surface area (Å²) in [6.07, 6.45) is -0.732. The first-order valence-electron chi connectivity index (χ1n) is 11.9. The van der Waals surface area contributed by atoms with Crippen LogP contribution in [0.5, 0.6) is 0 Å². The monoisotopic (exact) mass is 591 g/mol. The van der Waals surface area contributed by atoms with E-state index in [2.05, 4.69) is 25.3 Å². The number of anilines is 2. The summed E-state index contributed by atoms with van der Waals surface area (Å²) in [5.74, 6) is 0.768. The van der Waals surface area contributed by atoms with E-state index in [1.807, 2.05) is 6.92 Å². The fourth-order valence-corrected chi connectivity index (χ4v) is 8.47. The van der Waals surface area contributed by atoms with Crippen LogP contribution in [0.15, 0.2) is 21.9 Å². The van der Waals surface area contributed by atoms with Crippen molar-refractivity contribution in [2.45, 2.75) is 56.0 Å². The van der Waals surface area contributed by atoms with Crippen molar-refractivity contribution in [3.05, 3.63) is 28.9 Å². The number of aryl methyl sites for hydroxylation is 1. The molecule has 0 radical (unpaired) electrons. The number of thiophene rings is 1. The predicted molar refractivity (Wildman–Crippen MR) is 141 cm³/mol. The van der Waals surface area contributed by atoms with Gasteiger partial charge in [0, 0.05) is 36.1 Å². The summed E-state index contributed by atoms with van der Waals surface area (Å²) in [5.41, 5.74) is -0.332. The molecule has 1 atom stereocenters. The number of ether oxygens (including phenoxy) is 1.